The number of hydrogen-bond acceptors (Lipinski definition) is 5. The SMILES string of the molecule is Nc1c(NCC2CCCOC2)cccc1S(N)(=O)=O. The number of ether oxygens (including phenoxy) is 1. The second kappa shape index (κ2) is 5.77. The van der Waals surface area contributed by atoms with Gasteiger partial charge < -0.3 is 15.8 Å². The first kappa shape index (κ1) is 14.1. The predicted octanol–water partition coefficient (Wildman–Crippen LogP) is 0.755. The highest BCUT2D eigenvalue weighted by molar-refractivity contribution is 7.89. The lowest BCUT2D eigenvalue weighted by Gasteiger charge is -2.23. The summed E-state index contributed by atoms with van der Waals surface area (Å²) in [6.07, 6.45) is 2.15. The van der Waals surface area contributed by atoms with Gasteiger partial charge >= 0.3 is 0 Å². The topological polar surface area (TPSA) is 107 Å². The van der Waals surface area contributed by atoms with E-state index in [1.807, 2.05) is 0 Å². The molecule has 106 valence electrons. The maximum Gasteiger partial charge on any atom is 0.240 e. The molecule has 1 saturated heterocycles. The van der Waals surface area contributed by atoms with E-state index in [0.717, 1.165) is 26.1 Å². The summed E-state index contributed by atoms with van der Waals surface area (Å²) in [5.74, 6) is 0.422. The molecule has 7 heteroatoms. The van der Waals surface area contributed by atoms with Crippen LogP contribution >= 0.6 is 0 Å². The molecule has 0 saturated carbocycles. The summed E-state index contributed by atoms with van der Waals surface area (Å²) in [5, 5.41) is 8.28. The van der Waals surface area contributed by atoms with Gasteiger partial charge in [0.15, 0.2) is 0 Å². The lowest BCUT2D eigenvalue weighted by Crippen LogP contribution is -2.25. The van der Waals surface area contributed by atoms with Crippen molar-refractivity contribution in [2.75, 3.05) is 30.8 Å². The molecular weight excluding hydrogens is 266 g/mol. The van der Waals surface area contributed by atoms with Gasteiger partial charge in [-0.2, -0.15) is 0 Å². The lowest BCUT2D eigenvalue weighted by molar-refractivity contribution is 0.0595. The van der Waals surface area contributed by atoms with Crippen molar-refractivity contribution < 1.29 is 13.2 Å². The first-order valence-corrected chi connectivity index (χ1v) is 7.76. The van der Waals surface area contributed by atoms with Crippen LogP contribution in [0.1, 0.15) is 12.8 Å². The standard InChI is InChI=1S/C12H19N3O3S/c13-12-10(4-1-5-11(12)19(14,16)17)15-7-9-3-2-6-18-8-9/h1,4-5,9,15H,2-3,6-8,13H2,(H2,14,16,17). The molecule has 0 aliphatic carbocycles. The monoisotopic (exact) mass is 285 g/mol. The Balaban J connectivity index is 2.08. The highest BCUT2D eigenvalue weighted by Crippen LogP contribution is 2.26. The number of nitrogens with two attached hydrogens (primary N) is 2. The predicted molar refractivity (Wildman–Crippen MR) is 74.3 cm³/mol. The fourth-order valence-corrected chi connectivity index (χ4v) is 2.85. The Kier molecular flexibility index (Phi) is 4.28. The average molecular weight is 285 g/mol. The fourth-order valence-electron chi connectivity index (χ4n) is 2.17. The number of primary sulfonamides is 1. The van der Waals surface area contributed by atoms with E-state index < -0.39 is 10.0 Å². The Labute approximate surface area is 113 Å². The zero-order chi connectivity index (χ0) is 13.9. The van der Waals surface area contributed by atoms with E-state index in [4.69, 9.17) is 15.6 Å². The Bertz CT molecular complexity index is 539. The minimum Gasteiger partial charge on any atom is -0.396 e. The molecule has 0 radical (unpaired) electrons. The first-order chi connectivity index (χ1) is 8.98. The van der Waals surface area contributed by atoms with Crippen molar-refractivity contribution in [3.8, 4) is 0 Å². The summed E-state index contributed by atoms with van der Waals surface area (Å²) in [7, 11) is -3.79. The summed E-state index contributed by atoms with van der Waals surface area (Å²) in [6, 6.07) is 4.77. The van der Waals surface area contributed by atoms with Crippen LogP contribution in [0.4, 0.5) is 11.4 Å². The van der Waals surface area contributed by atoms with Crippen molar-refractivity contribution in [1.29, 1.82) is 0 Å². The van der Waals surface area contributed by atoms with Gasteiger partial charge in [0.2, 0.25) is 10.0 Å². The molecule has 2 rings (SSSR count). The van der Waals surface area contributed by atoms with Gasteiger partial charge in [0.05, 0.1) is 18.0 Å². The number of nitrogens with one attached hydrogen (secondary N) is 1. The molecule has 0 amide bonds. The van der Waals surface area contributed by atoms with Crippen LogP contribution in [0, 0.1) is 5.92 Å². The number of hydrogen-bond donors (Lipinski definition) is 3. The lowest BCUT2D eigenvalue weighted by atomic mass is 10.0. The van der Waals surface area contributed by atoms with Crippen LogP contribution < -0.4 is 16.2 Å². The minimum absolute atomic E-state index is 0.0441. The van der Waals surface area contributed by atoms with Crippen LogP contribution in [0.5, 0.6) is 0 Å². The summed E-state index contributed by atoms with van der Waals surface area (Å²) in [5.41, 5.74) is 6.59. The second-order valence-corrected chi connectivity index (χ2v) is 6.26. The summed E-state index contributed by atoms with van der Waals surface area (Å²) in [6.45, 7) is 2.25. The van der Waals surface area contributed by atoms with E-state index in [0.29, 0.717) is 18.2 Å². The number of anilines is 2. The zero-order valence-electron chi connectivity index (χ0n) is 10.6. The maximum absolute atomic E-state index is 11.4. The van der Waals surface area contributed by atoms with Gasteiger partial charge in [0, 0.05) is 13.2 Å². The number of benzene rings is 1. The van der Waals surface area contributed by atoms with Crippen molar-refractivity contribution in [2.24, 2.45) is 11.1 Å². The van der Waals surface area contributed by atoms with Gasteiger partial charge in [0.25, 0.3) is 0 Å². The van der Waals surface area contributed by atoms with E-state index in [2.05, 4.69) is 5.32 Å². The van der Waals surface area contributed by atoms with E-state index >= 15 is 0 Å². The number of para-hydroxylation sites is 1. The maximum atomic E-state index is 11.4. The van der Waals surface area contributed by atoms with Gasteiger partial charge in [-0.1, -0.05) is 6.07 Å². The molecule has 1 unspecified atom stereocenters. The van der Waals surface area contributed by atoms with Crippen molar-refractivity contribution >= 4 is 21.4 Å². The van der Waals surface area contributed by atoms with Gasteiger partial charge in [0.1, 0.15) is 4.90 Å². The summed E-state index contributed by atoms with van der Waals surface area (Å²) >= 11 is 0. The highest BCUT2D eigenvalue weighted by atomic mass is 32.2. The third-order valence-corrected chi connectivity index (χ3v) is 4.18. The number of rotatable bonds is 4. The Morgan fingerprint density at radius 3 is 2.84 bits per heavy atom. The summed E-state index contributed by atoms with van der Waals surface area (Å²) < 4.78 is 28.1. The molecule has 1 aromatic carbocycles. The van der Waals surface area contributed by atoms with Gasteiger partial charge in [-0.05, 0) is 30.9 Å². The molecule has 1 aliphatic heterocycles. The molecule has 0 bridgehead atoms. The average Bonchev–Trinajstić information content (AvgIpc) is 2.37. The van der Waals surface area contributed by atoms with E-state index in [9.17, 15) is 8.42 Å². The van der Waals surface area contributed by atoms with Crippen LogP contribution in [0.3, 0.4) is 0 Å². The third kappa shape index (κ3) is 3.59. The molecule has 6 nitrogen and oxygen atoms in total. The first-order valence-electron chi connectivity index (χ1n) is 6.21. The van der Waals surface area contributed by atoms with Crippen LogP contribution in [-0.2, 0) is 14.8 Å². The molecular formula is C12H19N3O3S. The van der Waals surface area contributed by atoms with Crippen molar-refractivity contribution in [1.82, 2.24) is 0 Å². The molecule has 1 aromatic rings. The summed E-state index contributed by atoms with van der Waals surface area (Å²) in [4.78, 5) is -0.0441. The van der Waals surface area contributed by atoms with Crippen molar-refractivity contribution in [2.45, 2.75) is 17.7 Å². The van der Waals surface area contributed by atoms with Crippen molar-refractivity contribution in [3.63, 3.8) is 0 Å². The molecule has 1 heterocycles. The zero-order valence-corrected chi connectivity index (χ0v) is 11.4. The molecule has 1 atom stereocenters. The minimum atomic E-state index is -3.79. The Morgan fingerprint density at radius 1 is 1.42 bits per heavy atom. The van der Waals surface area contributed by atoms with E-state index in [1.165, 1.54) is 6.07 Å². The molecule has 0 spiro atoms. The van der Waals surface area contributed by atoms with E-state index in [-0.39, 0.29) is 10.6 Å². The van der Waals surface area contributed by atoms with Crippen LogP contribution in [0.2, 0.25) is 0 Å². The molecule has 19 heavy (non-hydrogen) atoms. The number of sulfonamides is 1. The normalized spacial score (nSPS) is 20.2. The molecule has 1 fully saturated rings. The number of nitrogen functional groups attached to an aromatic ring is 1. The van der Waals surface area contributed by atoms with Gasteiger partial charge in [-0.3, -0.25) is 0 Å². The van der Waals surface area contributed by atoms with Crippen LogP contribution in [0.25, 0.3) is 0 Å². The van der Waals surface area contributed by atoms with Crippen LogP contribution in [-0.4, -0.2) is 28.2 Å². The Hall–Kier alpha value is -1.31. The molecule has 5 N–H and O–H groups in total. The highest BCUT2D eigenvalue weighted by Gasteiger charge is 2.17. The van der Waals surface area contributed by atoms with Crippen LogP contribution in [0.15, 0.2) is 23.1 Å². The third-order valence-electron chi connectivity index (χ3n) is 3.21. The van der Waals surface area contributed by atoms with E-state index in [1.54, 1.807) is 12.1 Å². The molecule has 0 aromatic heterocycles. The van der Waals surface area contributed by atoms with Gasteiger partial charge in [-0.25, -0.2) is 13.6 Å². The van der Waals surface area contributed by atoms with Crippen molar-refractivity contribution in [3.05, 3.63) is 18.2 Å². The van der Waals surface area contributed by atoms with Gasteiger partial charge in [-0.15, -0.1) is 0 Å². The quantitative estimate of drug-likeness (QED) is 0.708. The second-order valence-electron chi connectivity index (χ2n) is 4.73. The molecule has 1 aliphatic rings. The largest absolute Gasteiger partial charge is 0.396 e. The fraction of sp³-hybridized carbons (Fsp3) is 0.500. The smallest absolute Gasteiger partial charge is 0.240 e. The Morgan fingerprint density at radius 2 is 2.21 bits per heavy atom.